The van der Waals surface area contributed by atoms with Gasteiger partial charge >= 0.3 is 0 Å². The third-order valence-electron chi connectivity index (χ3n) is 5.31. The minimum Gasteiger partial charge on any atom is -0.338 e. The number of carbonyl (C=O) groups excluding carboxylic acids is 2. The van der Waals surface area contributed by atoms with Crippen molar-refractivity contribution in [1.29, 1.82) is 0 Å². The third-order valence-corrected chi connectivity index (χ3v) is 5.31. The van der Waals surface area contributed by atoms with Crippen molar-refractivity contribution in [3.63, 3.8) is 0 Å². The topological polar surface area (TPSA) is 53.5 Å². The molecule has 1 saturated heterocycles. The number of carbonyl (C=O) groups is 2. The predicted octanol–water partition coefficient (Wildman–Crippen LogP) is 2.75. The number of rotatable bonds is 4. The normalized spacial score (nSPS) is 19.9. The monoisotopic (exact) mass is 361 g/mol. The van der Waals surface area contributed by atoms with E-state index in [9.17, 15) is 9.59 Å². The second kappa shape index (κ2) is 7.74. The van der Waals surface area contributed by atoms with Crippen LogP contribution in [0.1, 0.15) is 24.1 Å². The Hall–Kier alpha value is -2.95. The van der Waals surface area contributed by atoms with Crippen LogP contribution < -0.4 is 0 Å². The molecule has 1 aromatic heterocycles. The van der Waals surface area contributed by atoms with E-state index in [1.54, 1.807) is 11.1 Å². The molecule has 2 aromatic rings. The van der Waals surface area contributed by atoms with E-state index in [0.717, 1.165) is 12.1 Å². The minimum atomic E-state index is -0.243. The summed E-state index contributed by atoms with van der Waals surface area (Å²) in [4.78, 5) is 33.1. The van der Waals surface area contributed by atoms with Crippen molar-refractivity contribution in [3.8, 4) is 0 Å². The SMILES string of the molecule is O=C1C[C@@H](C(=O)N2CC=C(c3ccccc3)CC2)CN1Cc1ccccn1. The average molecular weight is 361 g/mol. The van der Waals surface area contributed by atoms with Crippen molar-refractivity contribution < 1.29 is 9.59 Å². The van der Waals surface area contributed by atoms with Gasteiger partial charge in [-0.25, -0.2) is 0 Å². The Kier molecular flexibility index (Phi) is 5.01. The number of hydrogen-bond donors (Lipinski definition) is 0. The van der Waals surface area contributed by atoms with Gasteiger partial charge in [0.15, 0.2) is 0 Å². The minimum absolute atomic E-state index is 0.0385. The first kappa shape index (κ1) is 17.5. The van der Waals surface area contributed by atoms with Crippen LogP contribution in [-0.4, -0.2) is 46.2 Å². The van der Waals surface area contributed by atoms with Crippen LogP contribution in [0.2, 0.25) is 0 Å². The van der Waals surface area contributed by atoms with Gasteiger partial charge in [0.1, 0.15) is 0 Å². The lowest BCUT2D eigenvalue weighted by atomic mass is 9.98. The van der Waals surface area contributed by atoms with E-state index >= 15 is 0 Å². The van der Waals surface area contributed by atoms with Gasteiger partial charge in [-0.3, -0.25) is 14.6 Å². The maximum absolute atomic E-state index is 12.9. The maximum atomic E-state index is 12.9. The zero-order valence-corrected chi connectivity index (χ0v) is 15.3. The van der Waals surface area contributed by atoms with Crippen LogP contribution >= 0.6 is 0 Å². The van der Waals surface area contributed by atoms with Crippen molar-refractivity contribution >= 4 is 17.4 Å². The zero-order valence-electron chi connectivity index (χ0n) is 15.3. The highest BCUT2D eigenvalue weighted by atomic mass is 16.2. The molecule has 5 heteroatoms. The molecule has 0 saturated carbocycles. The fraction of sp³-hybridized carbons (Fsp3) is 0.318. The summed E-state index contributed by atoms with van der Waals surface area (Å²) in [6.45, 7) is 2.29. The molecule has 1 fully saturated rings. The number of nitrogens with zero attached hydrogens (tertiary/aromatic N) is 3. The molecule has 2 aliphatic heterocycles. The standard InChI is InChI=1S/C22H23N3O2/c26-21-14-19(15-25(21)16-20-8-4-5-11-23-20)22(27)24-12-9-18(10-13-24)17-6-2-1-3-7-17/h1-9,11,19H,10,12-16H2/t19-/m1/s1. The van der Waals surface area contributed by atoms with E-state index in [2.05, 4.69) is 23.2 Å². The molecule has 27 heavy (non-hydrogen) atoms. The maximum Gasteiger partial charge on any atom is 0.228 e. The van der Waals surface area contributed by atoms with Crippen molar-refractivity contribution in [2.45, 2.75) is 19.4 Å². The Morgan fingerprint density at radius 3 is 2.63 bits per heavy atom. The third kappa shape index (κ3) is 3.92. The van der Waals surface area contributed by atoms with Crippen LogP contribution in [0.3, 0.4) is 0 Å². The van der Waals surface area contributed by atoms with Crippen molar-refractivity contribution in [2.24, 2.45) is 5.92 Å². The lowest BCUT2D eigenvalue weighted by molar-refractivity contribution is -0.135. The zero-order chi connectivity index (χ0) is 18.6. The fourth-order valence-electron chi connectivity index (χ4n) is 3.82. The van der Waals surface area contributed by atoms with Crippen molar-refractivity contribution in [2.75, 3.05) is 19.6 Å². The van der Waals surface area contributed by atoms with Crippen molar-refractivity contribution in [1.82, 2.24) is 14.8 Å². The Bertz CT molecular complexity index is 848. The quantitative estimate of drug-likeness (QED) is 0.841. The molecule has 4 rings (SSSR count). The molecule has 2 aliphatic rings. The molecular weight excluding hydrogens is 338 g/mol. The smallest absolute Gasteiger partial charge is 0.228 e. The lowest BCUT2D eigenvalue weighted by Gasteiger charge is -2.29. The van der Waals surface area contributed by atoms with E-state index in [1.807, 2.05) is 41.3 Å². The van der Waals surface area contributed by atoms with Crippen LogP contribution in [-0.2, 0) is 16.1 Å². The Morgan fingerprint density at radius 2 is 1.93 bits per heavy atom. The summed E-state index contributed by atoms with van der Waals surface area (Å²) in [6, 6.07) is 16.0. The molecule has 1 atom stereocenters. The molecule has 0 N–H and O–H groups in total. The van der Waals surface area contributed by atoms with Crippen LogP contribution in [0.25, 0.3) is 5.57 Å². The second-order valence-corrected chi connectivity index (χ2v) is 7.13. The van der Waals surface area contributed by atoms with E-state index < -0.39 is 0 Å². The summed E-state index contributed by atoms with van der Waals surface area (Å²) in [5.74, 6) is -0.111. The number of likely N-dealkylation sites (tertiary alicyclic amines) is 1. The Labute approximate surface area is 159 Å². The number of benzene rings is 1. The van der Waals surface area contributed by atoms with Crippen LogP contribution in [0.5, 0.6) is 0 Å². The summed E-state index contributed by atoms with van der Waals surface area (Å²) in [5, 5.41) is 0. The van der Waals surface area contributed by atoms with Crippen LogP contribution in [0.15, 0.2) is 60.8 Å². The van der Waals surface area contributed by atoms with E-state index in [4.69, 9.17) is 0 Å². The molecule has 0 bridgehead atoms. The summed E-state index contributed by atoms with van der Waals surface area (Å²) in [7, 11) is 0. The molecule has 0 spiro atoms. The van der Waals surface area contributed by atoms with E-state index in [1.165, 1.54) is 11.1 Å². The fourth-order valence-corrected chi connectivity index (χ4v) is 3.82. The van der Waals surface area contributed by atoms with Gasteiger partial charge in [-0.2, -0.15) is 0 Å². The molecular formula is C22H23N3O2. The van der Waals surface area contributed by atoms with Gasteiger partial charge in [-0.15, -0.1) is 0 Å². The van der Waals surface area contributed by atoms with Gasteiger partial charge in [0, 0.05) is 32.3 Å². The van der Waals surface area contributed by atoms with Gasteiger partial charge in [-0.1, -0.05) is 42.5 Å². The Morgan fingerprint density at radius 1 is 1.11 bits per heavy atom. The molecule has 0 aliphatic carbocycles. The largest absolute Gasteiger partial charge is 0.338 e. The summed E-state index contributed by atoms with van der Waals surface area (Å²) >= 11 is 0. The van der Waals surface area contributed by atoms with Gasteiger partial charge in [-0.05, 0) is 29.7 Å². The molecule has 138 valence electrons. The number of hydrogen-bond acceptors (Lipinski definition) is 3. The van der Waals surface area contributed by atoms with E-state index in [0.29, 0.717) is 32.6 Å². The summed E-state index contributed by atoms with van der Waals surface area (Å²) < 4.78 is 0. The van der Waals surface area contributed by atoms with Gasteiger partial charge in [0.25, 0.3) is 0 Å². The molecule has 2 amide bonds. The number of aromatic nitrogens is 1. The molecule has 0 unspecified atom stereocenters. The Balaban J connectivity index is 1.36. The highest BCUT2D eigenvalue weighted by molar-refractivity contribution is 5.89. The number of amides is 2. The van der Waals surface area contributed by atoms with Gasteiger partial charge in [0.05, 0.1) is 18.2 Å². The molecule has 0 radical (unpaired) electrons. The average Bonchev–Trinajstić information content (AvgIpc) is 3.09. The second-order valence-electron chi connectivity index (χ2n) is 7.13. The molecule has 1 aromatic carbocycles. The first-order valence-electron chi connectivity index (χ1n) is 9.41. The molecule has 3 heterocycles. The highest BCUT2D eigenvalue weighted by Crippen LogP contribution is 2.26. The summed E-state index contributed by atoms with van der Waals surface area (Å²) in [5.41, 5.74) is 3.37. The molecule has 5 nitrogen and oxygen atoms in total. The lowest BCUT2D eigenvalue weighted by Crippen LogP contribution is -2.39. The van der Waals surface area contributed by atoms with Crippen LogP contribution in [0.4, 0.5) is 0 Å². The predicted molar refractivity (Wildman–Crippen MR) is 103 cm³/mol. The van der Waals surface area contributed by atoms with Crippen LogP contribution in [0, 0.1) is 5.92 Å². The first-order valence-corrected chi connectivity index (χ1v) is 9.41. The summed E-state index contributed by atoms with van der Waals surface area (Å²) in [6.07, 6.45) is 5.02. The van der Waals surface area contributed by atoms with E-state index in [-0.39, 0.29) is 17.7 Å². The first-order chi connectivity index (χ1) is 13.2. The highest BCUT2D eigenvalue weighted by Gasteiger charge is 2.36. The van der Waals surface area contributed by atoms with Crippen molar-refractivity contribution in [3.05, 3.63) is 72.1 Å². The van der Waals surface area contributed by atoms with Gasteiger partial charge in [0.2, 0.25) is 11.8 Å². The van der Waals surface area contributed by atoms with Gasteiger partial charge < -0.3 is 9.80 Å². The number of pyridine rings is 1.